The molecule has 45 heavy (non-hydrogen) atoms. The van der Waals surface area contributed by atoms with Crippen molar-refractivity contribution in [1.29, 1.82) is 0 Å². The van der Waals surface area contributed by atoms with Crippen molar-refractivity contribution in [2.75, 3.05) is 29.9 Å². The summed E-state index contributed by atoms with van der Waals surface area (Å²) in [6.07, 6.45) is -6.04. The molecule has 0 saturated carbocycles. The summed E-state index contributed by atoms with van der Waals surface area (Å²) in [6.45, 7) is 4.10. The number of nitrogens with zero attached hydrogens (tertiary/aromatic N) is 4. The van der Waals surface area contributed by atoms with Gasteiger partial charge in [0.05, 0.1) is 17.9 Å². The molecule has 1 saturated heterocycles. The van der Waals surface area contributed by atoms with Crippen LogP contribution in [0.4, 0.5) is 42.4 Å². The van der Waals surface area contributed by atoms with Crippen LogP contribution in [-0.2, 0) is 24.3 Å². The molecule has 5 rings (SSSR count). The Hall–Kier alpha value is -4.14. The molecule has 0 spiro atoms. The fourth-order valence-corrected chi connectivity index (χ4v) is 5.02. The van der Waals surface area contributed by atoms with Crippen molar-refractivity contribution in [3.8, 4) is 5.75 Å². The number of aliphatic carboxylic acids is 1. The minimum Gasteiger partial charge on any atom is -0.487 e. The molecule has 2 aliphatic rings. The molecule has 1 atom stereocenters. The maximum absolute atomic E-state index is 14.0. The van der Waals surface area contributed by atoms with E-state index in [1.165, 1.54) is 17.7 Å². The SMILES string of the molecule is CC1Cc2nc(NCC(F)F)c(N3CCC(Oc4ccc(F)cc4F)CC3)nc2CN1Cc1ccccc1.O=C(O)C(F)(F)F. The maximum atomic E-state index is 14.0. The van der Waals surface area contributed by atoms with Gasteiger partial charge in [-0.05, 0) is 24.6 Å². The van der Waals surface area contributed by atoms with E-state index in [1.807, 2.05) is 23.1 Å². The number of aromatic nitrogens is 2. The van der Waals surface area contributed by atoms with Crippen LogP contribution in [-0.4, -0.2) is 70.3 Å². The largest absolute Gasteiger partial charge is 0.490 e. The zero-order valence-electron chi connectivity index (χ0n) is 24.2. The topological polar surface area (TPSA) is 90.8 Å². The third kappa shape index (κ3) is 9.42. The van der Waals surface area contributed by atoms with E-state index < -0.39 is 36.8 Å². The van der Waals surface area contributed by atoms with Gasteiger partial charge in [0.25, 0.3) is 6.43 Å². The number of hydrogen-bond acceptors (Lipinski definition) is 7. The van der Waals surface area contributed by atoms with Gasteiger partial charge in [-0.3, -0.25) is 4.90 Å². The van der Waals surface area contributed by atoms with Gasteiger partial charge in [-0.2, -0.15) is 13.2 Å². The van der Waals surface area contributed by atoms with E-state index in [9.17, 15) is 30.7 Å². The lowest BCUT2D eigenvalue weighted by molar-refractivity contribution is -0.192. The van der Waals surface area contributed by atoms with Crippen molar-refractivity contribution in [2.24, 2.45) is 0 Å². The van der Waals surface area contributed by atoms with Crippen LogP contribution in [0.15, 0.2) is 48.5 Å². The molecule has 0 aliphatic carbocycles. The van der Waals surface area contributed by atoms with E-state index in [4.69, 9.17) is 24.6 Å². The van der Waals surface area contributed by atoms with Crippen LogP contribution in [0.1, 0.15) is 36.7 Å². The second-order valence-electron chi connectivity index (χ2n) is 10.7. The number of anilines is 2. The smallest absolute Gasteiger partial charge is 0.487 e. The number of piperidine rings is 1. The fourth-order valence-electron chi connectivity index (χ4n) is 5.02. The van der Waals surface area contributed by atoms with E-state index in [1.54, 1.807) is 0 Å². The summed E-state index contributed by atoms with van der Waals surface area (Å²) in [5.74, 6) is -3.23. The lowest BCUT2D eigenvalue weighted by Gasteiger charge is -2.37. The average Bonchev–Trinajstić information content (AvgIpc) is 2.98. The van der Waals surface area contributed by atoms with Crippen LogP contribution < -0.4 is 15.0 Å². The van der Waals surface area contributed by atoms with Crippen molar-refractivity contribution in [3.05, 3.63) is 77.1 Å². The Kier molecular flexibility index (Phi) is 11.1. The Labute approximate surface area is 254 Å². The van der Waals surface area contributed by atoms with Crippen molar-refractivity contribution in [3.63, 3.8) is 0 Å². The number of fused-ring (bicyclic) bond motifs is 1. The highest BCUT2D eigenvalue weighted by molar-refractivity contribution is 5.73. The molecule has 15 heteroatoms. The van der Waals surface area contributed by atoms with Gasteiger partial charge in [-0.25, -0.2) is 32.3 Å². The minimum absolute atomic E-state index is 0.0188. The highest BCUT2D eigenvalue weighted by atomic mass is 19.4. The molecule has 0 bridgehead atoms. The second kappa shape index (κ2) is 14.8. The van der Waals surface area contributed by atoms with E-state index in [-0.39, 0.29) is 17.9 Å². The Morgan fingerprint density at radius 3 is 2.33 bits per heavy atom. The number of hydrogen-bond donors (Lipinski definition) is 2. The van der Waals surface area contributed by atoms with Crippen molar-refractivity contribution in [2.45, 2.75) is 64.0 Å². The Morgan fingerprint density at radius 2 is 1.73 bits per heavy atom. The van der Waals surface area contributed by atoms with Gasteiger partial charge >= 0.3 is 12.1 Å². The van der Waals surface area contributed by atoms with Crippen molar-refractivity contribution < 1.29 is 45.4 Å². The minimum atomic E-state index is -5.08. The molecular weight excluding hydrogens is 611 g/mol. The molecule has 1 unspecified atom stereocenters. The fraction of sp³-hybridized carbons (Fsp3) is 0.433. The molecule has 1 aromatic heterocycles. The van der Waals surface area contributed by atoms with Gasteiger partial charge < -0.3 is 20.1 Å². The van der Waals surface area contributed by atoms with Crippen LogP contribution in [0.3, 0.4) is 0 Å². The normalized spacial score (nSPS) is 17.4. The number of alkyl halides is 5. The molecule has 2 N–H and O–H groups in total. The van der Waals surface area contributed by atoms with Crippen molar-refractivity contribution in [1.82, 2.24) is 14.9 Å². The van der Waals surface area contributed by atoms with Crippen LogP contribution in [0.5, 0.6) is 5.75 Å². The molecule has 3 aromatic rings. The summed E-state index contributed by atoms with van der Waals surface area (Å²) in [5.41, 5.74) is 2.89. The van der Waals surface area contributed by atoms with Gasteiger partial charge in [0.1, 0.15) is 11.9 Å². The summed E-state index contributed by atoms with van der Waals surface area (Å²) in [7, 11) is 0. The molecule has 2 aliphatic heterocycles. The predicted octanol–water partition coefficient (Wildman–Crippen LogP) is 6.06. The highest BCUT2D eigenvalue weighted by Gasteiger charge is 2.38. The number of carbonyl (C=O) groups is 1. The quantitative estimate of drug-likeness (QED) is 0.287. The standard InChI is InChI=1S/C28H31F4N5O.C2HF3O2/c1-18-13-23-24(17-37(18)16-19-5-3-2-4-6-19)35-28(27(34-23)33-15-26(31)32)36-11-9-21(10-12-36)38-25-8-7-20(29)14-22(25)30;3-2(4,5)1(6)7/h2-8,14,18,21,26H,9-13,15-17H2,1H3,(H,33,34);(H,6,7). The summed E-state index contributed by atoms with van der Waals surface area (Å²) >= 11 is 0. The summed E-state index contributed by atoms with van der Waals surface area (Å²) in [6, 6.07) is 13.7. The van der Waals surface area contributed by atoms with Gasteiger partial charge in [0, 0.05) is 57.5 Å². The van der Waals surface area contributed by atoms with Crippen molar-refractivity contribution >= 4 is 17.6 Å². The molecule has 3 heterocycles. The Bertz CT molecular complexity index is 1440. The number of nitrogens with one attached hydrogen (secondary N) is 1. The van der Waals surface area contributed by atoms with E-state index in [0.29, 0.717) is 50.5 Å². The molecule has 2 aromatic carbocycles. The number of benzene rings is 2. The number of carboxylic acid groups (broad SMARTS) is 1. The first-order valence-electron chi connectivity index (χ1n) is 14.2. The average molecular weight is 644 g/mol. The molecule has 0 amide bonds. The summed E-state index contributed by atoms with van der Waals surface area (Å²) in [4.78, 5) is 23.0. The number of halogens is 7. The van der Waals surface area contributed by atoms with Gasteiger partial charge in [0.15, 0.2) is 23.2 Å². The van der Waals surface area contributed by atoms with E-state index in [0.717, 1.165) is 24.0 Å². The number of ether oxygens (including phenoxy) is 1. The third-order valence-corrected chi connectivity index (χ3v) is 7.32. The number of rotatable bonds is 8. The Balaban J connectivity index is 0.000000591. The zero-order chi connectivity index (χ0) is 32.7. The lowest BCUT2D eigenvalue weighted by atomic mass is 10.0. The molecule has 0 radical (unpaired) electrons. The lowest BCUT2D eigenvalue weighted by Crippen LogP contribution is -2.41. The first kappa shape index (κ1) is 33.7. The predicted molar refractivity (Wildman–Crippen MR) is 151 cm³/mol. The first-order valence-corrected chi connectivity index (χ1v) is 14.2. The second-order valence-corrected chi connectivity index (χ2v) is 10.7. The van der Waals surface area contributed by atoms with Crippen LogP contribution in [0.25, 0.3) is 0 Å². The van der Waals surface area contributed by atoms with Gasteiger partial charge in [-0.15, -0.1) is 0 Å². The molecular formula is C30H32F7N5O3. The molecule has 1 fully saturated rings. The summed E-state index contributed by atoms with van der Waals surface area (Å²) < 4.78 is 90.9. The monoisotopic (exact) mass is 643 g/mol. The molecule has 244 valence electrons. The number of carboxylic acids is 1. The maximum Gasteiger partial charge on any atom is 0.490 e. The summed E-state index contributed by atoms with van der Waals surface area (Å²) in [5, 5.41) is 9.92. The van der Waals surface area contributed by atoms with Crippen LogP contribution in [0.2, 0.25) is 0 Å². The van der Waals surface area contributed by atoms with Gasteiger partial charge in [-0.1, -0.05) is 30.3 Å². The molecule has 8 nitrogen and oxygen atoms in total. The first-order chi connectivity index (χ1) is 21.3. The van der Waals surface area contributed by atoms with E-state index >= 15 is 0 Å². The van der Waals surface area contributed by atoms with Gasteiger partial charge in [0.2, 0.25) is 0 Å². The third-order valence-electron chi connectivity index (χ3n) is 7.32. The Morgan fingerprint density at radius 1 is 1.07 bits per heavy atom. The highest BCUT2D eigenvalue weighted by Crippen LogP contribution is 2.32. The van der Waals surface area contributed by atoms with E-state index in [2.05, 4.69) is 29.3 Å². The van der Waals surface area contributed by atoms with Crippen LogP contribution >= 0.6 is 0 Å². The van der Waals surface area contributed by atoms with Crippen LogP contribution in [0, 0.1) is 11.6 Å². The zero-order valence-corrected chi connectivity index (χ0v) is 24.2.